The highest BCUT2D eigenvalue weighted by molar-refractivity contribution is 7.33. The third kappa shape index (κ3) is 6.25. The molecule has 0 spiro atoms. The summed E-state index contributed by atoms with van der Waals surface area (Å²) >= 11 is 0. The first-order chi connectivity index (χ1) is 18.0. The largest absolute Gasteiger partial charge is 0.497 e. The van der Waals surface area contributed by atoms with Crippen LogP contribution in [0.4, 0.5) is 0 Å². The van der Waals surface area contributed by atoms with Gasteiger partial charge >= 0.3 is 8.25 Å². The van der Waals surface area contributed by atoms with Gasteiger partial charge < -0.3 is 28.0 Å². The smallest absolute Gasteiger partial charge is 0.319 e. The van der Waals surface area contributed by atoms with Crippen LogP contribution < -0.4 is 9.47 Å². The van der Waals surface area contributed by atoms with Crippen LogP contribution >= 0.6 is 8.25 Å². The van der Waals surface area contributed by atoms with Gasteiger partial charge in [-0.2, -0.15) is 0 Å². The Bertz CT molecular complexity index is 1090. The molecule has 4 atom stereocenters. The first-order valence-electron chi connectivity index (χ1n) is 12.5. The normalized spacial score (nSPS) is 20.5. The Morgan fingerprint density at radius 2 is 1.41 bits per heavy atom. The number of ether oxygens (including phenoxy) is 4. The molecule has 4 rings (SSSR count). The molecule has 3 aromatic carbocycles. The molecule has 7 nitrogen and oxygen atoms in total. The second-order valence-electron chi connectivity index (χ2n) is 8.88. The van der Waals surface area contributed by atoms with E-state index in [0.29, 0.717) is 13.0 Å². The zero-order valence-corrected chi connectivity index (χ0v) is 22.7. The van der Waals surface area contributed by atoms with E-state index in [9.17, 15) is 4.57 Å². The molecule has 0 radical (unpaired) electrons. The Morgan fingerprint density at radius 1 is 0.865 bits per heavy atom. The van der Waals surface area contributed by atoms with E-state index in [4.69, 9.17) is 28.0 Å². The molecule has 0 saturated carbocycles. The van der Waals surface area contributed by atoms with Gasteiger partial charge in [-0.05, 0) is 54.8 Å². The fourth-order valence-electron chi connectivity index (χ4n) is 4.75. The second-order valence-corrected chi connectivity index (χ2v) is 9.90. The molecule has 0 aromatic heterocycles. The summed E-state index contributed by atoms with van der Waals surface area (Å²) in [5.74, 6) is 1.51. The van der Waals surface area contributed by atoms with E-state index in [2.05, 4.69) is 12.1 Å². The van der Waals surface area contributed by atoms with Crippen LogP contribution in [0.15, 0.2) is 78.9 Å². The van der Waals surface area contributed by atoms with Crippen molar-refractivity contribution < 1.29 is 32.6 Å². The van der Waals surface area contributed by atoms with E-state index in [1.165, 1.54) is 0 Å². The number of methoxy groups -OCH3 is 2. The highest BCUT2D eigenvalue weighted by Gasteiger charge is 2.42. The van der Waals surface area contributed by atoms with E-state index in [1.54, 1.807) is 21.1 Å². The second kappa shape index (κ2) is 12.7. The SMILES string of the molecule is CCO[PH](=O)O[C@@H]1C[C@H](C)O[C@@H]1COC(c1ccccc1)(c1ccc(OC)cc1)c1ccc(OC)cc1. The third-order valence-electron chi connectivity index (χ3n) is 6.53. The lowest BCUT2D eigenvalue weighted by Gasteiger charge is -2.37. The third-order valence-corrected chi connectivity index (χ3v) is 7.55. The van der Waals surface area contributed by atoms with Gasteiger partial charge in [0, 0.05) is 6.42 Å². The minimum atomic E-state index is -2.62. The molecule has 0 aliphatic carbocycles. The van der Waals surface area contributed by atoms with Crippen LogP contribution in [-0.2, 0) is 28.7 Å². The molecule has 1 aliphatic heterocycles. The van der Waals surface area contributed by atoms with Crippen molar-refractivity contribution in [3.63, 3.8) is 0 Å². The van der Waals surface area contributed by atoms with Gasteiger partial charge in [0.25, 0.3) is 0 Å². The van der Waals surface area contributed by atoms with Crippen molar-refractivity contribution in [3.05, 3.63) is 95.6 Å². The number of hydrogen-bond acceptors (Lipinski definition) is 7. The maximum absolute atomic E-state index is 12.3. The summed E-state index contributed by atoms with van der Waals surface area (Å²) in [6.45, 7) is 4.31. The summed E-state index contributed by atoms with van der Waals surface area (Å²) in [5.41, 5.74) is 1.84. The van der Waals surface area contributed by atoms with Crippen LogP contribution in [0.2, 0.25) is 0 Å². The van der Waals surface area contributed by atoms with Crippen molar-refractivity contribution >= 4 is 8.25 Å². The summed E-state index contributed by atoms with van der Waals surface area (Å²) in [6.07, 6.45) is -0.249. The lowest BCUT2D eigenvalue weighted by atomic mass is 9.80. The van der Waals surface area contributed by atoms with E-state index < -0.39 is 26.1 Å². The first kappa shape index (κ1) is 27.4. The van der Waals surface area contributed by atoms with Crippen LogP contribution in [0.1, 0.15) is 37.0 Å². The fourth-order valence-corrected chi connectivity index (χ4v) is 5.55. The average Bonchev–Trinajstić information content (AvgIpc) is 3.28. The Balaban J connectivity index is 1.76. The van der Waals surface area contributed by atoms with Crippen molar-refractivity contribution in [3.8, 4) is 11.5 Å². The molecule has 0 N–H and O–H groups in total. The summed E-state index contributed by atoms with van der Waals surface area (Å²) in [5, 5.41) is 0. The number of benzene rings is 3. The summed E-state index contributed by atoms with van der Waals surface area (Å²) in [7, 11) is 0.674. The van der Waals surface area contributed by atoms with E-state index in [0.717, 1.165) is 28.2 Å². The minimum Gasteiger partial charge on any atom is -0.497 e. The Morgan fingerprint density at radius 3 is 1.92 bits per heavy atom. The van der Waals surface area contributed by atoms with Crippen molar-refractivity contribution in [2.24, 2.45) is 0 Å². The van der Waals surface area contributed by atoms with Gasteiger partial charge in [-0.25, -0.2) is 0 Å². The maximum Gasteiger partial charge on any atom is 0.319 e. The first-order valence-corrected chi connectivity index (χ1v) is 13.7. The Kier molecular flexibility index (Phi) is 9.41. The van der Waals surface area contributed by atoms with Gasteiger partial charge in [0.2, 0.25) is 0 Å². The fraction of sp³-hybridized carbons (Fsp3) is 0.379. The van der Waals surface area contributed by atoms with Gasteiger partial charge in [-0.3, -0.25) is 4.57 Å². The molecule has 3 aromatic rings. The van der Waals surface area contributed by atoms with Crippen LogP contribution in [0.25, 0.3) is 0 Å². The molecular formula is C29H35O7P. The topological polar surface area (TPSA) is 72.5 Å². The van der Waals surface area contributed by atoms with Gasteiger partial charge in [-0.15, -0.1) is 0 Å². The quantitative estimate of drug-likeness (QED) is 0.212. The van der Waals surface area contributed by atoms with Crippen LogP contribution in [0.5, 0.6) is 11.5 Å². The zero-order chi connectivity index (χ0) is 26.3. The molecule has 1 saturated heterocycles. The van der Waals surface area contributed by atoms with Gasteiger partial charge in [-0.1, -0.05) is 54.6 Å². The molecule has 198 valence electrons. The van der Waals surface area contributed by atoms with E-state index in [-0.39, 0.29) is 12.7 Å². The average molecular weight is 527 g/mol. The van der Waals surface area contributed by atoms with Crippen molar-refractivity contribution in [2.45, 2.75) is 44.2 Å². The molecule has 37 heavy (non-hydrogen) atoms. The van der Waals surface area contributed by atoms with Crippen molar-refractivity contribution in [1.82, 2.24) is 0 Å². The van der Waals surface area contributed by atoms with Crippen LogP contribution in [-0.4, -0.2) is 45.7 Å². The highest BCUT2D eigenvalue weighted by Crippen LogP contribution is 2.43. The summed E-state index contributed by atoms with van der Waals surface area (Å²) < 4.78 is 47.1. The predicted molar refractivity (Wildman–Crippen MR) is 143 cm³/mol. The number of rotatable bonds is 12. The zero-order valence-electron chi connectivity index (χ0n) is 21.7. The lowest BCUT2D eigenvalue weighted by molar-refractivity contribution is -0.0769. The lowest BCUT2D eigenvalue weighted by Crippen LogP contribution is -2.38. The summed E-state index contributed by atoms with van der Waals surface area (Å²) in [6, 6.07) is 25.8. The molecule has 0 amide bonds. The van der Waals surface area contributed by atoms with Crippen LogP contribution in [0.3, 0.4) is 0 Å². The van der Waals surface area contributed by atoms with Gasteiger partial charge in [0.1, 0.15) is 23.2 Å². The standard InChI is InChI=1S/C29H35O7P/c1-5-34-37(30)36-27-19-21(2)35-28(27)20-33-29(22-9-7-6-8-10-22,23-11-15-25(31-3)16-12-23)24-13-17-26(32-4)18-14-24/h6-18,21,27-28,37H,5,19-20H2,1-4H3/t21-,27+,28+/m0/s1. The predicted octanol–water partition coefficient (Wildman–Crippen LogP) is 6.00. The van der Waals surface area contributed by atoms with Crippen molar-refractivity contribution in [2.75, 3.05) is 27.4 Å². The van der Waals surface area contributed by atoms with Crippen LogP contribution in [0, 0.1) is 0 Å². The maximum atomic E-state index is 12.3. The molecule has 1 unspecified atom stereocenters. The molecule has 0 bridgehead atoms. The molecule has 8 heteroatoms. The van der Waals surface area contributed by atoms with Gasteiger partial charge in [0.05, 0.1) is 39.6 Å². The molecule has 1 fully saturated rings. The molecule has 1 aliphatic rings. The highest BCUT2D eigenvalue weighted by atomic mass is 31.1. The Labute approximate surface area is 219 Å². The monoisotopic (exact) mass is 526 g/mol. The van der Waals surface area contributed by atoms with E-state index in [1.807, 2.05) is 73.7 Å². The summed E-state index contributed by atoms with van der Waals surface area (Å²) in [4.78, 5) is 0. The minimum absolute atomic E-state index is 0.0527. The Hall–Kier alpha value is -2.67. The van der Waals surface area contributed by atoms with E-state index >= 15 is 0 Å². The van der Waals surface area contributed by atoms with Crippen molar-refractivity contribution in [1.29, 1.82) is 0 Å². The molecular weight excluding hydrogens is 491 g/mol. The van der Waals surface area contributed by atoms with Gasteiger partial charge in [0.15, 0.2) is 0 Å². The number of hydrogen-bond donors (Lipinski definition) is 0. The molecule has 1 heterocycles.